The molecule has 3 nitrogen and oxygen atoms in total. The van der Waals surface area contributed by atoms with Crippen molar-refractivity contribution >= 4 is 11.7 Å². The Bertz CT molecular complexity index is 846. The Morgan fingerprint density at radius 1 is 1.24 bits per heavy atom. The number of anilines is 1. The maximum absolute atomic E-state index is 14.3. The topological polar surface area (TPSA) is 38.3 Å². The van der Waals surface area contributed by atoms with E-state index in [1.54, 1.807) is 19.1 Å². The first kappa shape index (κ1) is 15.9. The van der Waals surface area contributed by atoms with Crippen molar-refractivity contribution in [1.29, 1.82) is 0 Å². The van der Waals surface area contributed by atoms with Crippen molar-refractivity contribution in [3.8, 4) is 0 Å². The monoisotopic (exact) mass is 337 g/mol. The Morgan fingerprint density at radius 3 is 2.88 bits per heavy atom. The highest BCUT2D eigenvalue weighted by molar-refractivity contribution is 5.90. The number of ether oxygens (including phenoxy) is 1. The maximum atomic E-state index is 14.3. The minimum absolute atomic E-state index is 0.0813. The SMILES string of the molecule is CCOC(=O)c1ccc2c(c1)[C@H]1C=CC[C@@H]1[C@H](c1ccccc1F)N2. The van der Waals surface area contributed by atoms with Crippen LogP contribution in [0.5, 0.6) is 0 Å². The van der Waals surface area contributed by atoms with Crippen LogP contribution in [0.4, 0.5) is 10.1 Å². The van der Waals surface area contributed by atoms with Crippen molar-refractivity contribution in [2.24, 2.45) is 5.92 Å². The number of fused-ring (bicyclic) bond motifs is 3. The van der Waals surface area contributed by atoms with Gasteiger partial charge in [-0.3, -0.25) is 0 Å². The van der Waals surface area contributed by atoms with Gasteiger partial charge in [-0.25, -0.2) is 9.18 Å². The number of nitrogens with one attached hydrogen (secondary N) is 1. The molecule has 0 saturated heterocycles. The van der Waals surface area contributed by atoms with Gasteiger partial charge in [0.05, 0.1) is 18.2 Å². The quantitative estimate of drug-likeness (QED) is 0.644. The van der Waals surface area contributed by atoms with Gasteiger partial charge in [0.25, 0.3) is 0 Å². The lowest BCUT2D eigenvalue weighted by Gasteiger charge is -2.37. The van der Waals surface area contributed by atoms with E-state index >= 15 is 0 Å². The average molecular weight is 337 g/mol. The second-order valence-corrected chi connectivity index (χ2v) is 6.52. The van der Waals surface area contributed by atoms with Gasteiger partial charge >= 0.3 is 5.97 Å². The van der Waals surface area contributed by atoms with Gasteiger partial charge in [-0.05, 0) is 49.1 Å². The number of esters is 1. The van der Waals surface area contributed by atoms with E-state index in [-0.39, 0.29) is 29.7 Å². The lowest BCUT2D eigenvalue weighted by atomic mass is 9.76. The minimum atomic E-state index is -0.306. The second-order valence-electron chi connectivity index (χ2n) is 6.52. The minimum Gasteiger partial charge on any atom is -0.462 e. The van der Waals surface area contributed by atoms with E-state index in [1.807, 2.05) is 24.3 Å². The lowest BCUT2D eigenvalue weighted by Crippen LogP contribution is -2.30. The first-order valence-corrected chi connectivity index (χ1v) is 8.67. The molecule has 0 amide bonds. The molecule has 128 valence electrons. The standard InChI is InChI=1S/C21H20FNO2/c1-2-25-21(24)13-10-11-19-17(12-13)14-7-5-8-15(14)20(23-19)16-6-3-4-9-18(16)22/h3-7,9-12,14-15,20,23H,2,8H2,1H3/t14-,15-,20+/m0/s1. The van der Waals surface area contributed by atoms with E-state index in [9.17, 15) is 9.18 Å². The molecule has 3 atom stereocenters. The third kappa shape index (κ3) is 2.72. The molecule has 1 N–H and O–H groups in total. The number of hydrogen-bond donors (Lipinski definition) is 1. The second kappa shape index (κ2) is 6.36. The van der Waals surface area contributed by atoms with Crippen LogP contribution in [0.3, 0.4) is 0 Å². The zero-order valence-electron chi connectivity index (χ0n) is 14.0. The fourth-order valence-electron chi connectivity index (χ4n) is 3.97. The zero-order chi connectivity index (χ0) is 17.4. The van der Waals surface area contributed by atoms with Crippen LogP contribution >= 0.6 is 0 Å². The fraction of sp³-hybridized carbons (Fsp3) is 0.286. The van der Waals surface area contributed by atoms with Gasteiger partial charge in [-0.1, -0.05) is 30.4 Å². The number of carbonyl (C=O) groups excluding carboxylic acids is 1. The molecule has 4 heteroatoms. The van der Waals surface area contributed by atoms with Crippen LogP contribution in [0.2, 0.25) is 0 Å². The van der Waals surface area contributed by atoms with Crippen LogP contribution in [-0.4, -0.2) is 12.6 Å². The number of carbonyl (C=O) groups is 1. The number of rotatable bonds is 3. The lowest BCUT2D eigenvalue weighted by molar-refractivity contribution is 0.0526. The number of benzene rings is 2. The van der Waals surface area contributed by atoms with Gasteiger partial charge in [0.15, 0.2) is 0 Å². The molecule has 1 heterocycles. The zero-order valence-corrected chi connectivity index (χ0v) is 14.0. The molecule has 2 aromatic carbocycles. The first-order chi connectivity index (χ1) is 12.2. The average Bonchev–Trinajstić information content (AvgIpc) is 3.11. The van der Waals surface area contributed by atoms with Gasteiger partial charge in [-0.15, -0.1) is 0 Å². The Hall–Kier alpha value is -2.62. The third-order valence-electron chi connectivity index (χ3n) is 5.11. The Morgan fingerprint density at radius 2 is 2.08 bits per heavy atom. The van der Waals surface area contributed by atoms with E-state index in [2.05, 4.69) is 17.5 Å². The summed E-state index contributed by atoms with van der Waals surface area (Å²) >= 11 is 0. The predicted octanol–water partition coefficient (Wildman–Crippen LogP) is 4.83. The van der Waals surface area contributed by atoms with Crippen LogP contribution in [0, 0.1) is 11.7 Å². The van der Waals surface area contributed by atoms with Crippen molar-refractivity contribution in [3.05, 3.63) is 77.1 Å². The van der Waals surface area contributed by atoms with E-state index in [4.69, 9.17) is 4.74 Å². The smallest absolute Gasteiger partial charge is 0.338 e. The van der Waals surface area contributed by atoms with E-state index in [0.29, 0.717) is 17.7 Å². The summed E-state index contributed by atoms with van der Waals surface area (Å²) < 4.78 is 19.4. The normalized spacial score (nSPS) is 23.5. The number of hydrogen-bond acceptors (Lipinski definition) is 3. The van der Waals surface area contributed by atoms with Crippen molar-refractivity contribution in [3.63, 3.8) is 0 Å². The molecule has 0 saturated carbocycles. The summed E-state index contributed by atoms with van der Waals surface area (Å²) in [6.45, 7) is 2.15. The highest BCUT2D eigenvalue weighted by atomic mass is 19.1. The summed E-state index contributed by atoms with van der Waals surface area (Å²) in [7, 11) is 0. The molecule has 1 aliphatic heterocycles. The summed E-state index contributed by atoms with van der Waals surface area (Å²) in [4.78, 5) is 12.0. The van der Waals surface area contributed by atoms with Crippen LogP contribution in [0.15, 0.2) is 54.6 Å². The summed E-state index contributed by atoms with van der Waals surface area (Å²) in [5.74, 6) is -0.0747. The molecule has 0 fully saturated rings. The van der Waals surface area contributed by atoms with Gasteiger partial charge in [-0.2, -0.15) is 0 Å². The summed E-state index contributed by atoms with van der Waals surface area (Å²) in [5, 5.41) is 3.49. The highest BCUT2D eigenvalue weighted by Crippen LogP contribution is 2.50. The highest BCUT2D eigenvalue weighted by Gasteiger charge is 2.39. The molecule has 0 aromatic heterocycles. The van der Waals surface area contributed by atoms with Crippen LogP contribution in [0.25, 0.3) is 0 Å². The van der Waals surface area contributed by atoms with Crippen LogP contribution < -0.4 is 5.32 Å². The van der Waals surface area contributed by atoms with Crippen molar-refractivity contribution < 1.29 is 13.9 Å². The van der Waals surface area contributed by atoms with Crippen LogP contribution in [0.1, 0.15) is 46.8 Å². The Kier molecular flexibility index (Phi) is 4.04. The molecular weight excluding hydrogens is 317 g/mol. The molecule has 4 rings (SSSR count). The Balaban J connectivity index is 1.74. The van der Waals surface area contributed by atoms with E-state index in [0.717, 1.165) is 17.7 Å². The number of halogens is 1. The Labute approximate surface area is 146 Å². The molecule has 25 heavy (non-hydrogen) atoms. The molecule has 2 aliphatic rings. The van der Waals surface area contributed by atoms with Gasteiger partial charge in [0.1, 0.15) is 5.82 Å². The molecule has 0 bridgehead atoms. The van der Waals surface area contributed by atoms with Crippen LogP contribution in [-0.2, 0) is 4.74 Å². The largest absolute Gasteiger partial charge is 0.462 e. The molecule has 1 aliphatic carbocycles. The summed E-state index contributed by atoms with van der Waals surface area (Å²) in [5.41, 5.74) is 3.29. The van der Waals surface area contributed by atoms with E-state index < -0.39 is 0 Å². The van der Waals surface area contributed by atoms with Crippen molar-refractivity contribution in [2.75, 3.05) is 11.9 Å². The van der Waals surface area contributed by atoms with Gasteiger partial charge in [0.2, 0.25) is 0 Å². The van der Waals surface area contributed by atoms with Gasteiger partial charge < -0.3 is 10.1 Å². The molecule has 2 aromatic rings. The van der Waals surface area contributed by atoms with Crippen molar-refractivity contribution in [2.45, 2.75) is 25.3 Å². The summed E-state index contributed by atoms with van der Waals surface area (Å²) in [6, 6.07) is 12.4. The van der Waals surface area contributed by atoms with E-state index in [1.165, 1.54) is 6.07 Å². The molecular formula is C21H20FNO2. The molecule has 0 spiro atoms. The first-order valence-electron chi connectivity index (χ1n) is 8.67. The molecule has 0 radical (unpaired) electrons. The molecule has 0 unspecified atom stereocenters. The maximum Gasteiger partial charge on any atom is 0.338 e. The fourth-order valence-corrected chi connectivity index (χ4v) is 3.97. The summed E-state index contributed by atoms with van der Waals surface area (Å²) in [6.07, 6.45) is 5.21. The predicted molar refractivity (Wildman–Crippen MR) is 95.2 cm³/mol. The number of allylic oxidation sites excluding steroid dienone is 2. The van der Waals surface area contributed by atoms with Crippen molar-refractivity contribution in [1.82, 2.24) is 0 Å². The van der Waals surface area contributed by atoms with Gasteiger partial charge in [0, 0.05) is 17.2 Å². The third-order valence-corrected chi connectivity index (χ3v) is 5.11.